The van der Waals surface area contributed by atoms with Crippen LogP contribution in [0, 0.1) is 0 Å². The molecule has 1 saturated heterocycles. The number of nitrogens with zero attached hydrogens (tertiary/aromatic N) is 2. The van der Waals surface area contributed by atoms with Crippen LogP contribution in [0.4, 0.5) is 0 Å². The van der Waals surface area contributed by atoms with Crippen molar-refractivity contribution in [3.8, 4) is 0 Å². The molecule has 2 aliphatic rings. The van der Waals surface area contributed by atoms with Crippen molar-refractivity contribution < 1.29 is 8.42 Å². The molecule has 0 atom stereocenters. The molecule has 25 heavy (non-hydrogen) atoms. The Morgan fingerprint density at radius 3 is 2.32 bits per heavy atom. The fraction of sp³-hybridized carbons (Fsp3) is 0.684. The predicted molar refractivity (Wildman–Crippen MR) is 101 cm³/mol. The van der Waals surface area contributed by atoms with Crippen molar-refractivity contribution in [2.75, 3.05) is 20.1 Å². The van der Waals surface area contributed by atoms with Crippen LogP contribution >= 0.6 is 0 Å². The van der Waals surface area contributed by atoms with Gasteiger partial charge in [0, 0.05) is 38.8 Å². The average Bonchev–Trinajstić information content (AvgIpc) is 2.64. The predicted octanol–water partition coefficient (Wildman–Crippen LogP) is 2.75. The van der Waals surface area contributed by atoms with Crippen molar-refractivity contribution >= 4 is 10.2 Å². The van der Waals surface area contributed by atoms with Crippen molar-refractivity contribution in [2.24, 2.45) is 0 Å². The topological polar surface area (TPSA) is 52.7 Å². The van der Waals surface area contributed by atoms with Crippen LogP contribution in [0.3, 0.4) is 0 Å². The minimum atomic E-state index is -3.37. The first-order valence-electron chi connectivity index (χ1n) is 9.56. The van der Waals surface area contributed by atoms with Crippen molar-refractivity contribution in [3.63, 3.8) is 0 Å². The molecule has 0 bridgehead atoms. The molecule has 1 aromatic carbocycles. The number of hydrogen-bond acceptors (Lipinski definition) is 3. The maximum Gasteiger partial charge on any atom is 0.279 e. The Hall–Kier alpha value is -0.950. The average molecular weight is 366 g/mol. The fourth-order valence-electron chi connectivity index (χ4n) is 3.99. The van der Waals surface area contributed by atoms with Gasteiger partial charge >= 0.3 is 0 Å². The fourth-order valence-corrected chi connectivity index (χ4v) is 5.41. The summed E-state index contributed by atoms with van der Waals surface area (Å²) in [6, 6.07) is 10.7. The summed E-state index contributed by atoms with van der Waals surface area (Å²) in [5.74, 6) is 0. The normalized spacial score (nSPS) is 21.7. The third-order valence-electron chi connectivity index (χ3n) is 5.62. The second-order valence-electron chi connectivity index (χ2n) is 7.47. The summed E-state index contributed by atoms with van der Waals surface area (Å²) in [5.41, 5.74) is 1.32. The molecule has 6 heteroatoms. The van der Waals surface area contributed by atoms with Gasteiger partial charge in [0.25, 0.3) is 10.2 Å². The van der Waals surface area contributed by atoms with Gasteiger partial charge in [-0.1, -0.05) is 49.6 Å². The maximum atomic E-state index is 12.7. The molecule has 2 fully saturated rings. The molecule has 1 aliphatic heterocycles. The molecule has 0 spiro atoms. The van der Waals surface area contributed by atoms with Crippen LogP contribution in [0.1, 0.15) is 50.5 Å². The summed E-state index contributed by atoms with van der Waals surface area (Å²) < 4.78 is 29.9. The number of likely N-dealkylation sites (tertiary alicyclic amines) is 1. The van der Waals surface area contributed by atoms with Gasteiger partial charge in [-0.25, -0.2) is 0 Å². The molecular weight excluding hydrogens is 334 g/mol. The summed E-state index contributed by atoms with van der Waals surface area (Å²) in [7, 11) is -1.63. The minimum absolute atomic E-state index is 0.0584. The van der Waals surface area contributed by atoms with Crippen LogP contribution in [0.15, 0.2) is 30.3 Å². The van der Waals surface area contributed by atoms with E-state index < -0.39 is 10.2 Å². The van der Waals surface area contributed by atoms with Crippen molar-refractivity contribution in [1.29, 1.82) is 0 Å². The van der Waals surface area contributed by atoms with E-state index in [2.05, 4.69) is 33.9 Å². The quantitative estimate of drug-likeness (QED) is 0.843. The lowest BCUT2D eigenvalue weighted by Crippen LogP contribution is -2.51. The Morgan fingerprint density at radius 2 is 1.68 bits per heavy atom. The van der Waals surface area contributed by atoms with E-state index in [-0.39, 0.29) is 12.1 Å². The standard InChI is InChI=1S/C19H31N3O2S/c1-21(19-10-6-3-7-11-19)25(23,24)20-18-12-14-22(15-13-18)16-17-8-4-2-5-9-17/h2,4-5,8-9,18-20H,3,6-7,10-16H2,1H3. The van der Waals surface area contributed by atoms with E-state index in [1.54, 1.807) is 11.4 Å². The first-order valence-corrected chi connectivity index (χ1v) is 11.0. The molecule has 1 saturated carbocycles. The van der Waals surface area contributed by atoms with Crippen LogP contribution in [0.2, 0.25) is 0 Å². The van der Waals surface area contributed by atoms with Gasteiger partial charge in [0.1, 0.15) is 0 Å². The van der Waals surface area contributed by atoms with Gasteiger partial charge in [0.15, 0.2) is 0 Å². The van der Waals surface area contributed by atoms with Gasteiger partial charge in [-0.15, -0.1) is 0 Å². The van der Waals surface area contributed by atoms with Crippen molar-refractivity contribution in [3.05, 3.63) is 35.9 Å². The van der Waals surface area contributed by atoms with Crippen LogP contribution in [-0.2, 0) is 16.8 Å². The largest absolute Gasteiger partial charge is 0.299 e. The molecule has 1 aromatic rings. The Bertz CT molecular complexity index is 621. The van der Waals surface area contributed by atoms with Gasteiger partial charge in [-0.2, -0.15) is 17.4 Å². The molecule has 5 nitrogen and oxygen atoms in total. The molecule has 0 amide bonds. The van der Waals surface area contributed by atoms with Crippen LogP contribution in [0.25, 0.3) is 0 Å². The third-order valence-corrected chi connectivity index (χ3v) is 7.31. The Labute approximate surface area is 152 Å². The number of piperidine rings is 1. The highest BCUT2D eigenvalue weighted by Crippen LogP contribution is 2.23. The van der Waals surface area contributed by atoms with E-state index in [0.29, 0.717) is 0 Å². The van der Waals surface area contributed by atoms with Gasteiger partial charge < -0.3 is 0 Å². The third kappa shape index (κ3) is 5.26. The van der Waals surface area contributed by atoms with Crippen molar-refractivity contribution in [1.82, 2.24) is 13.9 Å². The molecule has 0 radical (unpaired) electrons. The molecular formula is C19H31N3O2S. The lowest BCUT2D eigenvalue weighted by atomic mass is 9.96. The number of benzene rings is 1. The second kappa shape index (κ2) is 8.62. The maximum absolute atomic E-state index is 12.7. The first kappa shape index (κ1) is 18.8. The lowest BCUT2D eigenvalue weighted by molar-refractivity contribution is 0.197. The van der Waals surface area contributed by atoms with E-state index >= 15 is 0 Å². The summed E-state index contributed by atoms with van der Waals surface area (Å²) in [6.07, 6.45) is 7.26. The molecule has 1 heterocycles. The van der Waals surface area contributed by atoms with Crippen LogP contribution < -0.4 is 4.72 Å². The van der Waals surface area contributed by atoms with Crippen LogP contribution in [-0.4, -0.2) is 49.8 Å². The highest BCUT2D eigenvalue weighted by Gasteiger charge is 2.30. The minimum Gasteiger partial charge on any atom is -0.299 e. The van der Waals surface area contributed by atoms with Gasteiger partial charge in [0.2, 0.25) is 0 Å². The molecule has 3 rings (SSSR count). The summed E-state index contributed by atoms with van der Waals surface area (Å²) in [5, 5.41) is 0. The molecule has 1 N–H and O–H groups in total. The zero-order valence-corrected chi connectivity index (χ0v) is 16.0. The van der Waals surface area contributed by atoms with E-state index in [0.717, 1.165) is 58.2 Å². The molecule has 0 unspecified atom stereocenters. The Balaban J connectivity index is 1.47. The van der Waals surface area contributed by atoms with E-state index in [4.69, 9.17) is 0 Å². The van der Waals surface area contributed by atoms with Gasteiger partial charge in [0.05, 0.1) is 0 Å². The van der Waals surface area contributed by atoms with Crippen LogP contribution in [0.5, 0.6) is 0 Å². The monoisotopic (exact) mass is 365 g/mol. The summed E-state index contributed by atoms with van der Waals surface area (Å²) in [6.45, 7) is 2.83. The van der Waals surface area contributed by atoms with E-state index in [1.807, 2.05) is 6.07 Å². The molecule has 140 valence electrons. The molecule has 1 aliphatic carbocycles. The smallest absolute Gasteiger partial charge is 0.279 e. The summed E-state index contributed by atoms with van der Waals surface area (Å²) >= 11 is 0. The second-order valence-corrected chi connectivity index (χ2v) is 9.23. The van der Waals surface area contributed by atoms with E-state index in [9.17, 15) is 8.42 Å². The van der Waals surface area contributed by atoms with Crippen molar-refractivity contribution in [2.45, 2.75) is 63.6 Å². The Kier molecular flexibility index (Phi) is 6.49. The van der Waals surface area contributed by atoms with E-state index in [1.165, 1.54) is 12.0 Å². The zero-order chi connectivity index (χ0) is 17.7. The number of nitrogens with one attached hydrogen (secondary N) is 1. The van der Waals surface area contributed by atoms with Gasteiger partial charge in [-0.3, -0.25) is 4.90 Å². The Morgan fingerprint density at radius 1 is 1.04 bits per heavy atom. The lowest BCUT2D eigenvalue weighted by Gasteiger charge is -2.35. The van der Waals surface area contributed by atoms with Gasteiger partial charge in [-0.05, 0) is 31.2 Å². The first-order chi connectivity index (χ1) is 12.0. The number of rotatable bonds is 6. The summed E-state index contributed by atoms with van der Waals surface area (Å²) in [4.78, 5) is 2.41. The highest BCUT2D eigenvalue weighted by molar-refractivity contribution is 7.87. The SMILES string of the molecule is CN(C1CCCCC1)S(=O)(=O)NC1CCN(Cc2ccccc2)CC1. The zero-order valence-electron chi connectivity index (χ0n) is 15.2. The number of hydrogen-bond donors (Lipinski definition) is 1. The highest BCUT2D eigenvalue weighted by atomic mass is 32.2. The molecule has 0 aromatic heterocycles.